The number of likely N-dealkylation sites (N-methyl/N-ethyl adjacent to an activating group) is 1. The Bertz CT molecular complexity index is 668. The smallest absolute Gasteiger partial charge is 0.252 e. The quantitative estimate of drug-likeness (QED) is 0.800. The topological polar surface area (TPSA) is 49.4 Å². The molecule has 120 valence electrons. The van der Waals surface area contributed by atoms with E-state index in [2.05, 4.69) is 17.1 Å². The molecule has 0 aromatic heterocycles. The third-order valence-electron chi connectivity index (χ3n) is 3.77. The number of ketones is 1. The lowest BCUT2D eigenvalue weighted by atomic mass is 9.98. The average Bonchev–Trinajstić information content (AvgIpc) is 2.61. The van der Waals surface area contributed by atoms with Gasteiger partial charge in [0, 0.05) is 24.2 Å². The van der Waals surface area contributed by atoms with E-state index >= 15 is 0 Å². The fraction of sp³-hybridized carbons (Fsp3) is 0.263. The normalized spacial score (nSPS) is 10.6. The number of hydrogen-bond donors (Lipinski definition) is 1. The second kappa shape index (κ2) is 8.25. The Hall–Kier alpha value is -2.46. The van der Waals surface area contributed by atoms with E-state index in [4.69, 9.17) is 0 Å². The van der Waals surface area contributed by atoms with Crippen LogP contribution in [0.1, 0.15) is 33.2 Å². The number of carbonyl (C=O) groups excluding carboxylic acids is 2. The molecule has 0 aliphatic rings. The molecule has 0 atom stereocenters. The predicted molar refractivity (Wildman–Crippen MR) is 91.8 cm³/mol. The molecular weight excluding hydrogens is 288 g/mol. The molecule has 0 spiro atoms. The minimum Gasteiger partial charge on any atom is -0.351 e. The summed E-state index contributed by atoms with van der Waals surface area (Å²) in [5.41, 5.74) is 1.43. The van der Waals surface area contributed by atoms with E-state index in [1.54, 1.807) is 36.4 Å². The first kappa shape index (κ1) is 16.9. The fourth-order valence-electron chi connectivity index (χ4n) is 2.24. The van der Waals surface area contributed by atoms with E-state index in [-0.39, 0.29) is 11.7 Å². The molecule has 0 bridgehead atoms. The summed E-state index contributed by atoms with van der Waals surface area (Å²) in [5.74, 6) is -0.351. The SMILES string of the molecule is CCN(C)CCNC(=O)c1ccccc1C(=O)c1ccccc1. The Labute approximate surface area is 137 Å². The molecule has 2 rings (SSSR count). The van der Waals surface area contributed by atoms with Crippen molar-refractivity contribution in [2.75, 3.05) is 26.7 Å². The van der Waals surface area contributed by atoms with Gasteiger partial charge in [-0.05, 0) is 19.7 Å². The van der Waals surface area contributed by atoms with Gasteiger partial charge in [0.15, 0.2) is 5.78 Å². The summed E-state index contributed by atoms with van der Waals surface area (Å²) in [4.78, 5) is 27.1. The molecule has 4 nitrogen and oxygen atoms in total. The van der Waals surface area contributed by atoms with Crippen LogP contribution in [0.15, 0.2) is 54.6 Å². The number of nitrogens with one attached hydrogen (secondary N) is 1. The van der Waals surface area contributed by atoms with Crippen molar-refractivity contribution >= 4 is 11.7 Å². The zero-order valence-electron chi connectivity index (χ0n) is 13.6. The first-order valence-corrected chi connectivity index (χ1v) is 7.79. The van der Waals surface area contributed by atoms with Crippen LogP contribution in [0, 0.1) is 0 Å². The highest BCUT2D eigenvalue weighted by molar-refractivity contribution is 6.15. The summed E-state index contributed by atoms with van der Waals surface area (Å²) in [6.45, 7) is 4.32. The highest BCUT2D eigenvalue weighted by Crippen LogP contribution is 2.14. The number of nitrogens with zero attached hydrogens (tertiary/aromatic N) is 1. The Balaban J connectivity index is 2.14. The lowest BCUT2D eigenvalue weighted by Crippen LogP contribution is -2.33. The summed E-state index contributed by atoms with van der Waals surface area (Å²) < 4.78 is 0. The van der Waals surface area contributed by atoms with Gasteiger partial charge in [-0.3, -0.25) is 9.59 Å². The molecule has 1 N–H and O–H groups in total. The summed E-state index contributed by atoms with van der Waals surface area (Å²) >= 11 is 0. The van der Waals surface area contributed by atoms with Crippen molar-refractivity contribution in [2.24, 2.45) is 0 Å². The molecule has 1 amide bonds. The van der Waals surface area contributed by atoms with Gasteiger partial charge in [0.25, 0.3) is 5.91 Å². The Morgan fingerprint density at radius 1 is 0.957 bits per heavy atom. The van der Waals surface area contributed by atoms with Crippen LogP contribution in [0.3, 0.4) is 0 Å². The highest BCUT2D eigenvalue weighted by Gasteiger charge is 2.17. The number of amides is 1. The van der Waals surface area contributed by atoms with E-state index in [1.165, 1.54) is 0 Å². The van der Waals surface area contributed by atoms with E-state index in [9.17, 15) is 9.59 Å². The first-order chi connectivity index (χ1) is 11.1. The zero-order valence-corrected chi connectivity index (χ0v) is 13.6. The van der Waals surface area contributed by atoms with Crippen molar-refractivity contribution in [3.8, 4) is 0 Å². The molecule has 0 heterocycles. The summed E-state index contributed by atoms with van der Waals surface area (Å²) in [6.07, 6.45) is 0. The van der Waals surface area contributed by atoms with Crippen molar-refractivity contribution in [2.45, 2.75) is 6.92 Å². The van der Waals surface area contributed by atoms with Crippen molar-refractivity contribution in [1.29, 1.82) is 0 Å². The van der Waals surface area contributed by atoms with Gasteiger partial charge < -0.3 is 10.2 Å². The standard InChI is InChI=1S/C19H22N2O2/c1-3-21(2)14-13-20-19(23)17-12-8-7-11-16(17)18(22)15-9-5-4-6-10-15/h4-12H,3,13-14H2,1-2H3,(H,20,23). The van der Waals surface area contributed by atoms with Crippen LogP contribution in [0.5, 0.6) is 0 Å². The van der Waals surface area contributed by atoms with Crippen LogP contribution in [0.4, 0.5) is 0 Å². The van der Waals surface area contributed by atoms with Gasteiger partial charge in [-0.15, -0.1) is 0 Å². The van der Waals surface area contributed by atoms with Crippen LogP contribution in [-0.2, 0) is 0 Å². The third kappa shape index (κ3) is 4.50. The van der Waals surface area contributed by atoms with Gasteiger partial charge in [-0.2, -0.15) is 0 Å². The maximum Gasteiger partial charge on any atom is 0.252 e. The molecule has 0 unspecified atom stereocenters. The molecule has 0 saturated carbocycles. The number of rotatable bonds is 7. The molecule has 2 aromatic rings. The van der Waals surface area contributed by atoms with Crippen LogP contribution >= 0.6 is 0 Å². The predicted octanol–water partition coefficient (Wildman–Crippen LogP) is 2.60. The highest BCUT2D eigenvalue weighted by atomic mass is 16.2. The summed E-state index contributed by atoms with van der Waals surface area (Å²) in [7, 11) is 2.00. The Morgan fingerprint density at radius 3 is 2.22 bits per heavy atom. The molecule has 0 fully saturated rings. The molecule has 0 aliphatic carbocycles. The summed E-state index contributed by atoms with van der Waals surface area (Å²) in [6, 6.07) is 15.9. The second-order valence-electron chi connectivity index (χ2n) is 5.39. The number of benzene rings is 2. The van der Waals surface area contributed by atoms with Gasteiger partial charge in [-0.25, -0.2) is 0 Å². The van der Waals surface area contributed by atoms with Crippen molar-refractivity contribution in [1.82, 2.24) is 10.2 Å². The molecule has 0 saturated heterocycles. The van der Waals surface area contributed by atoms with Crippen molar-refractivity contribution in [3.63, 3.8) is 0 Å². The van der Waals surface area contributed by atoms with E-state index in [0.717, 1.165) is 13.1 Å². The monoisotopic (exact) mass is 310 g/mol. The minimum atomic E-state index is -0.214. The number of hydrogen-bond acceptors (Lipinski definition) is 3. The molecule has 23 heavy (non-hydrogen) atoms. The first-order valence-electron chi connectivity index (χ1n) is 7.79. The molecule has 0 radical (unpaired) electrons. The van der Waals surface area contributed by atoms with Gasteiger partial charge in [-0.1, -0.05) is 55.5 Å². The molecular formula is C19H22N2O2. The van der Waals surface area contributed by atoms with Gasteiger partial charge in [0.05, 0.1) is 5.56 Å². The van der Waals surface area contributed by atoms with Crippen LogP contribution in [-0.4, -0.2) is 43.3 Å². The maximum atomic E-state index is 12.6. The Kier molecular flexibility index (Phi) is 6.06. The lowest BCUT2D eigenvalue weighted by Gasteiger charge is -2.14. The lowest BCUT2D eigenvalue weighted by molar-refractivity contribution is 0.0939. The molecule has 4 heteroatoms. The average molecular weight is 310 g/mol. The molecule has 0 aliphatic heterocycles. The van der Waals surface area contributed by atoms with E-state index in [1.807, 2.05) is 25.2 Å². The second-order valence-corrected chi connectivity index (χ2v) is 5.39. The summed E-state index contributed by atoms with van der Waals surface area (Å²) in [5, 5.41) is 2.88. The van der Waals surface area contributed by atoms with Gasteiger partial charge in [0.1, 0.15) is 0 Å². The molecule has 2 aromatic carbocycles. The van der Waals surface area contributed by atoms with Crippen molar-refractivity contribution < 1.29 is 9.59 Å². The van der Waals surface area contributed by atoms with Gasteiger partial charge >= 0.3 is 0 Å². The number of carbonyl (C=O) groups is 2. The van der Waals surface area contributed by atoms with Crippen molar-refractivity contribution in [3.05, 3.63) is 71.3 Å². The van der Waals surface area contributed by atoms with E-state index < -0.39 is 0 Å². The van der Waals surface area contributed by atoms with E-state index in [0.29, 0.717) is 23.2 Å². The van der Waals surface area contributed by atoms with Crippen LogP contribution < -0.4 is 5.32 Å². The third-order valence-corrected chi connectivity index (χ3v) is 3.77. The van der Waals surface area contributed by atoms with Gasteiger partial charge in [0.2, 0.25) is 0 Å². The zero-order chi connectivity index (χ0) is 16.7. The minimum absolute atomic E-state index is 0.137. The Morgan fingerprint density at radius 2 is 1.57 bits per heavy atom. The van der Waals surface area contributed by atoms with Crippen LogP contribution in [0.25, 0.3) is 0 Å². The fourth-order valence-corrected chi connectivity index (χ4v) is 2.24. The largest absolute Gasteiger partial charge is 0.351 e. The maximum absolute atomic E-state index is 12.6. The van der Waals surface area contributed by atoms with Crippen LogP contribution in [0.2, 0.25) is 0 Å².